The minimum absolute atomic E-state index is 0.0685. The van der Waals surface area contributed by atoms with Crippen molar-refractivity contribution in [3.63, 3.8) is 0 Å². The van der Waals surface area contributed by atoms with Gasteiger partial charge in [0.25, 0.3) is 5.91 Å². The van der Waals surface area contributed by atoms with Gasteiger partial charge in [0.2, 0.25) is 0 Å². The standard InChI is InChI=1S/C26H22ClN2O6S2/c1-35-13-8-7-12(27)24-16(13)22(32)17-14(37-24)9-11-15(20(17)30)21(31)18(25(28)34)23(33)19(11)29-26(36)10-5-3-2-4-6-10/h2-8,11,14-15,19,30,33,37H,9H2,1H3,(H2,28,34)(H,29,36). The molecule has 0 bridgehead atoms. The number of thiol groups is 1. The first kappa shape index (κ1) is 25.3. The molecule has 3 aliphatic rings. The van der Waals surface area contributed by atoms with Crippen LogP contribution in [0, 0.1) is 11.8 Å². The molecule has 2 aliphatic carbocycles. The number of hydrogen-bond donors (Lipinski definition) is 5. The number of nitrogens with two attached hydrogens (primary N) is 1. The molecule has 37 heavy (non-hydrogen) atoms. The normalized spacial score (nSPS) is 24.7. The zero-order valence-corrected chi connectivity index (χ0v) is 21.9. The average molecular weight is 558 g/mol. The molecule has 11 heteroatoms. The zero-order chi connectivity index (χ0) is 26.6. The van der Waals surface area contributed by atoms with Crippen LogP contribution < -0.4 is 15.8 Å². The number of halogens is 1. The van der Waals surface area contributed by atoms with Gasteiger partial charge in [-0.05, 0) is 18.6 Å². The van der Waals surface area contributed by atoms with Crippen molar-refractivity contribution in [2.45, 2.75) is 22.6 Å². The van der Waals surface area contributed by atoms with Gasteiger partial charge in [-0.15, -0.1) is 0 Å². The van der Waals surface area contributed by atoms with Gasteiger partial charge in [-0.1, -0.05) is 54.2 Å². The second-order valence-corrected chi connectivity index (χ2v) is 11.1. The molecule has 5 N–H and O–H groups in total. The number of aliphatic hydroxyl groups is 2. The first-order chi connectivity index (χ1) is 17.6. The van der Waals surface area contributed by atoms with E-state index in [9.17, 15) is 24.6 Å². The van der Waals surface area contributed by atoms with E-state index in [2.05, 4.69) is 5.32 Å². The van der Waals surface area contributed by atoms with Crippen LogP contribution in [-0.4, -0.2) is 51.1 Å². The van der Waals surface area contributed by atoms with E-state index in [0.717, 1.165) is 0 Å². The van der Waals surface area contributed by atoms with Gasteiger partial charge in [0.05, 0.1) is 35.2 Å². The highest BCUT2D eigenvalue weighted by atomic mass is 35.5. The van der Waals surface area contributed by atoms with E-state index < -0.39 is 57.7 Å². The Morgan fingerprint density at radius 3 is 2.51 bits per heavy atom. The number of aliphatic hydroxyl groups excluding tert-OH is 2. The summed E-state index contributed by atoms with van der Waals surface area (Å²) >= 11 is 12.6. The van der Waals surface area contributed by atoms with E-state index in [1.807, 2.05) is 6.07 Å². The first-order valence-electron chi connectivity index (χ1n) is 11.3. The van der Waals surface area contributed by atoms with E-state index in [-0.39, 0.29) is 22.5 Å². The molecule has 0 spiro atoms. The van der Waals surface area contributed by atoms with Crippen LogP contribution in [0.4, 0.5) is 0 Å². The number of Topliss-reactive ketones (excluding diaryl/α,β-unsaturated/α-hetero) is 2. The maximum atomic E-state index is 13.6. The Bertz CT molecular complexity index is 1440. The van der Waals surface area contributed by atoms with E-state index in [0.29, 0.717) is 33.0 Å². The number of primary amides is 1. The monoisotopic (exact) mass is 557 g/mol. The van der Waals surface area contributed by atoms with Crippen molar-refractivity contribution >= 4 is 58.0 Å². The van der Waals surface area contributed by atoms with Crippen LogP contribution in [0.2, 0.25) is 5.02 Å². The molecule has 0 saturated heterocycles. The number of carbonyl (C=O) groups excluding carboxylic acids is 3. The van der Waals surface area contributed by atoms with Gasteiger partial charge in [0, 0.05) is 21.6 Å². The largest absolute Gasteiger partial charge is 0.511 e. The highest BCUT2D eigenvalue weighted by Gasteiger charge is 2.54. The molecule has 1 radical (unpaired) electrons. The fourth-order valence-electron chi connectivity index (χ4n) is 5.32. The summed E-state index contributed by atoms with van der Waals surface area (Å²) in [6, 6.07) is 11.2. The minimum atomic E-state index is -1.27. The fraction of sp³-hybridized carbons (Fsp3) is 0.231. The number of rotatable bonds is 4. The van der Waals surface area contributed by atoms with Crippen LogP contribution in [0.1, 0.15) is 22.3 Å². The summed E-state index contributed by atoms with van der Waals surface area (Å²) < 4.78 is 5.37. The molecule has 0 aromatic heterocycles. The summed E-state index contributed by atoms with van der Waals surface area (Å²) in [5.74, 6) is -5.14. The number of hydrogen-bond acceptors (Lipinski definition) is 7. The van der Waals surface area contributed by atoms with Gasteiger partial charge in [-0.2, -0.15) is 11.8 Å². The Morgan fingerprint density at radius 2 is 1.86 bits per heavy atom. The molecule has 0 saturated carbocycles. The zero-order valence-electron chi connectivity index (χ0n) is 19.4. The van der Waals surface area contributed by atoms with Crippen LogP contribution in [0.3, 0.4) is 0 Å². The number of fused-ring (bicyclic) bond motifs is 3. The molecule has 1 amide bonds. The summed E-state index contributed by atoms with van der Waals surface area (Å²) in [5.41, 5.74) is 5.79. The molecular weight excluding hydrogens is 536 g/mol. The van der Waals surface area contributed by atoms with E-state index in [4.69, 9.17) is 34.3 Å². The number of ketones is 2. The molecule has 5 rings (SSSR count). The third-order valence-corrected chi connectivity index (χ3v) is 9.27. The van der Waals surface area contributed by atoms with Gasteiger partial charge < -0.3 is 26.0 Å². The third kappa shape index (κ3) is 4.00. The Morgan fingerprint density at radius 1 is 1.16 bits per heavy atom. The summed E-state index contributed by atoms with van der Waals surface area (Å²) in [4.78, 5) is 40.1. The molecule has 1 heterocycles. The molecule has 1 aliphatic heterocycles. The lowest BCUT2D eigenvalue weighted by molar-refractivity contribution is -0.126. The van der Waals surface area contributed by atoms with Crippen molar-refractivity contribution in [3.8, 4) is 5.75 Å². The van der Waals surface area contributed by atoms with Crippen LogP contribution in [0.15, 0.2) is 70.0 Å². The van der Waals surface area contributed by atoms with E-state index in [1.54, 1.807) is 36.4 Å². The Hall–Kier alpha value is -3.34. The van der Waals surface area contributed by atoms with Gasteiger partial charge in [-0.25, -0.2) is 0 Å². The maximum absolute atomic E-state index is 13.6. The van der Waals surface area contributed by atoms with E-state index >= 15 is 0 Å². The highest BCUT2D eigenvalue weighted by Crippen LogP contribution is 2.53. The van der Waals surface area contributed by atoms with Gasteiger partial charge >= 0.3 is 0 Å². The topological polar surface area (TPSA) is 139 Å². The molecule has 2 aromatic rings. The SMILES string of the molecule is COc1ccc(Cl)c2c1C(=O)C1=C(O)C3C(=O)C(C(N)=O)=C(O)C(NC(=S)c4ccccc4)C3CC1[SH]2. The van der Waals surface area contributed by atoms with Crippen molar-refractivity contribution < 1.29 is 29.3 Å². The summed E-state index contributed by atoms with van der Waals surface area (Å²) in [6.07, 6.45) is 0.223. The summed E-state index contributed by atoms with van der Waals surface area (Å²) in [6.45, 7) is 0. The molecular formula is C26H22ClN2O6S2. The Labute approximate surface area is 226 Å². The third-order valence-electron chi connectivity index (χ3n) is 6.97. The second kappa shape index (κ2) is 9.51. The van der Waals surface area contributed by atoms with Crippen LogP contribution in [0.25, 0.3) is 0 Å². The molecule has 8 nitrogen and oxygen atoms in total. The Kier molecular flexibility index (Phi) is 6.51. The van der Waals surface area contributed by atoms with E-state index in [1.165, 1.54) is 7.11 Å². The van der Waals surface area contributed by atoms with Crippen LogP contribution in [0.5, 0.6) is 5.75 Å². The lowest BCUT2D eigenvalue weighted by Gasteiger charge is -2.44. The minimum Gasteiger partial charge on any atom is -0.511 e. The van der Waals surface area contributed by atoms with Crippen LogP contribution >= 0.6 is 35.6 Å². The predicted molar refractivity (Wildman–Crippen MR) is 144 cm³/mol. The fourth-order valence-corrected chi connectivity index (χ4v) is 7.46. The van der Waals surface area contributed by atoms with Crippen molar-refractivity contribution in [3.05, 3.63) is 81.3 Å². The molecule has 4 unspecified atom stereocenters. The molecule has 191 valence electrons. The van der Waals surface area contributed by atoms with Crippen LogP contribution in [-0.2, 0) is 9.59 Å². The maximum Gasteiger partial charge on any atom is 0.255 e. The first-order valence-corrected chi connectivity index (χ1v) is 13.1. The number of nitrogens with one attached hydrogen (secondary N) is 1. The lowest BCUT2D eigenvalue weighted by Crippen LogP contribution is -2.54. The summed E-state index contributed by atoms with van der Waals surface area (Å²) in [7, 11) is 1.42. The number of amides is 1. The number of methoxy groups -OCH3 is 1. The van der Waals surface area contributed by atoms with Crippen molar-refractivity contribution in [2.24, 2.45) is 17.6 Å². The highest BCUT2D eigenvalue weighted by molar-refractivity contribution is 8.00. The van der Waals surface area contributed by atoms with Crippen molar-refractivity contribution in [2.75, 3.05) is 7.11 Å². The lowest BCUT2D eigenvalue weighted by atomic mass is 9.66. The van der Waals surface area contributed by atoms with Gasteiger partial charge in [-0.3, -0.25) is 14.4 Å². The number of benzene rings is 2. The Balaban J connectivity index is 1.63. The molecule has 0 fully saturated rings. The molecule has 2 aromatic carbocycles. The van der Waals surface area contributed by atoms with Crippen molar-refractivity contribution in [1.29, 1.82) is 0 Å². The second-order valence-electron chi connectivity index (χ2n) is 8.93. The number of allylic oxidation sites excluding steroid dienone is 1. The predicted octanol–water partition coefficient (Wildman–Crippen LogP) is 3.40. The number of thiocarbonyl (C=S) groups is 1. The van der Waals surface area contributed by atoms with Gasteiger partial charge in [0.1, 0.15) is 27.8 Å². The number of ether oxygens (including phenoxy) is 1. The quantitative estimate of drug-likeness (QED) is 0.219. The van der Waals surface area contributed by atoms with Gasteiger partial charge in [0.15, 0.2) is 11.6 Å². The van der Waals surface area contributed by atoms with Crippen molar-refractivity contribution in [1.82, 2.24) is 5.32 Å². The summed E-state index contributed by atoms with van der Waals surface area (Å²) in [5, 5.41) is 25.4. The smallest absolute Gasteiger partial charge is 0.255 e. The number of carbonyl (C=O) groups is 3. The average Bonchev–Trinajstić information content (AvgIpc) is 2.87. The molecule has 4 atom stereocenters.